The molecule has 3 aromatic rings. The summed E-state index contributed by atoms with van der Waals surface area (Å²) in [5.41, 5.74) is 16.1. The Balaban J connectivity index is 1.17. The number of rotatable bonds is 2. The number of aryl methyl sites for hydroxylation is 1. The molecule has 1 saturated heterocycles. The first kappa shape index (κ1) is 21.6. The Labute approximate surface area is 203 Å². The first-order valence-corrected chi connectivity index (χ1v) is 12.0. The molecule has 2 aromatic heterocycles. The van der Waals surface area contributed by atoms with Gasteiger partial charge in [0.1, 0.15) is 11.6 Å². The zero-order valence-electron chi connectivity index (χ0n) is 19.4. The molecule has 1 aromatic carbocycles. The van der Waals surface area contributed by atoms with Gasteiger partial charge in [-0.15, -0.1) is 0 Å². The van der Waals surface area contributed by atoms with Gasteiger partial charge in [-0.1, -0.05) is 6.07 Å². The molecule has 10 nitrogen and oxygen atoms in total. The lowest BCUT2D eigenvalue weighted by Gasteiger charge is -2.42. The van der Waals surface area contributed by atoms with E-state index in [1.807, 2.05) is 28.9 Å². The van der Waals surface area contributed by atoms with Crippen molar-refractivity contribution in [2.75, 3.05) is 35.2 Å². The molecule has 178 valence electrons. The fourth-order valence-corrected chi connectivity index (χ4v) is 5.87. The minimum atomic E-state index is -0.257. The van der Waals surface area contributed by atoms with E-state index >= 15 is 0 Å². The van der Waals surface area contributed by atoms with Crippen LogP contribution < -0.4 is 21.3 Å². The highest BCUT2D eigenvalue weighted by molar-refractivity contribution is 6.07. The van der Waals surface area contributed by atoms with Crippen LogP contribution in [0.25, 0.3) is 0 Å². The first-order valence-electron chi connectivity index (χ1n) is 12.0. The molecule has 1 aliphatic carbocycles. The quantitative estimate of drug-likeness (QED) is 0.580. The van der Waals surface area contributed by atoms with Crippen LogP contribution in [0.5, 0.6) is 0 Å². The molecule has 1 spiro atoms. The second-order valence-electron chi connectivity index (χ2n) is 9.71. The highest BCUT2D eigenvalue weighted by Crippen LogP contribution is 2.51. The lowest BCUT2D eigenvalue weighted by molar-refractivity contribution is 0.0977. The molecule has 1 atom stereocenters. The van der Waals surface area contributed by atoms with E-state index in [9.17, 15) is 10.1 Å². The number of carbonyl (C=O) groups is 1. The number of nitriles is 1. The van der Waals surface area contributed by atoms with Gasteiger partial charge >= 0.3 is 0 Å². The Hall–Kier alpha value is -3.97. The fourth-order valence-electron chi connectivity index (χ4n) is 5.87. The van der Waals surface area contributed by atoms with E-state index in [1.165, 1.54) is 5.56 Å². The zero-order valence-corrected chi connectivity index (χ0v) is 19.4. The smallest absolute Gasteiger partial charge is 0.281 e. The highest BCUT2D eigenvalue weighted by atomic mass is 16.2. The van der Waals surface area contributed by atoms with Crippen LogP contribution in [0.15, 0.2) is 36.7 Å². The summed E-state index contributed by atoms with van der Waals surface area (Å²) in [7, 11) is 0. The SMILES string of the molecule is N#Cc1ccc2c(c1)C(N)C1(CCN(c3cnc(C(=O)N4CCCn5nccc54)c(N)n3)CC1)C2. The van der Waals surface area contributed by atoms with Crippen LogP contribution >= 0.6 is 0 Å². The molecule has 0 bridgehead atoms. The van der Waals surface area contributed by atoms with Gasteiger partial charge in [0.2, 0.25) is 0 Å². The predicted octanol–water partition coefficient (Wildman–Crippen LogP) is 2.02. The van der Waals surface area contributed by atoms with Crippen molar-refractivity contribution in [3.8, 4) is 6.07 Å². The van der Waals surface area contributed by atoms with Crippen molar-refractivity contribution in [1.82, 2.24) is 19.7 Å². The Morgan fingerprint density at radius 2 is 2.00 bits per heavy atom. The molecule has 35 heavy (non-hydrogen) atoms. The number of anilines is 3. The van der Waals surface area contributed by atoms with E-state index in [1.54, 1.807) is 17.3 Å². The normalized spacial score (nSPS) is 20.4. The van der Waals surface area contributed by atoms with Gasteiger partial charge in [-0.05, 0) is 54.4 Å². The average molecular weight is 470 g/mol. The highest BCUT2D eigenvalue weighted by Gasteiger charge is 2.46. The van der Waals surface area contributed by atoms with E-state index in [0.717, 1.165) is 56.7 Å². The molecule has 0 saturated carbocycles. The van der Waals surface area contributed by atoms with Gasteiger partial charge in [0.25, 0.3) is 5.91 Å². The van der Waals surface area contributed by atoms with Crippen LogP contribution in [-0.2, 0) is 13.0 Å². The monoisotopic (exact) mass is 469 g/mol. The second-order valence-corrected chi connectivity index (χ2v) is 9.71. The van der Waals surface area contributed by atoms with Crippen molar-refractivity contribution in [3.63, 3.8) is 0 Å². The number of nitrogens with two attached hydrogens (primary N) is 2. The lowest BCUT2D eigenvalue weighted by atomic mass is 9.73. The van der Waals surface area contributed by atoms with Crippen molar-refractivity contribution in [2.24, 2.45) is 11.1 Å². The van der Waals surface area contributed by atoms with Gasteiger partial charge in [0.15, 0.2) is 11.5 Å². The molecule has 3 aliphatic rings. The number of amides is 1. The number of fused-ring (bicyclic) bond motifs is 2. The Morgan fingerprint density at radius 3 is 2.77 bits per heavy atom. The second kappa shape index (κ2) is 8.06. The van der Waals surface area contributed by atoms with Crippen molar-refractivity contribution >= 4 is 23.4 Å². The Morgan fingerprint density at radius 1 is 1.17 bits per heavy atom. The van der Waals surface area contributed by atoms with Gasteiger partial charge < -0.3 is 16.4 Å². The number of hydrogen-bond acceptors (Lipinski definition) is 8. The number of carbonyl (C=O) groups excluding carboxylic acids is 1. The third kappa shape index (κ3) is 3.42. The summed E-state index contributed by atoms with van der Waals surface area (Å²) < 4.78 is 1.82. The number of nitrogens with zero attached hydrogens (tertiary/aromatic N) is 7. The Bertz CT molecular complexity index is 1350. The lowest BCUT2D eigenvalue weighted by Crippen LogP contribution is -2.44. The van der Waals surface area contributed by atoms with E-state index < -0.39 is 0 Å². The van der Waals surface area contributed by atoms with Crippen LogP contribution in [0.2, 0.25) is 0 Å². The van der Waals surface area contributed by atoms with Crippen LogP contribution in [-0.4, -0.2) is 45.3 Å². The minimum absolute atomic E-state index is 0.0149. The summed E-state index contributed by atoms with van der Waals surface area (Å²) >= 11 is 0. The number of nitrogen functional groups attached to an aromatic ring is 1. The van der Waals surface area contributed by atoms with Gasteiger partial charge in [0, 0.05) is 38.3 Å². The maximum Gasteiger partial charge on any atom is 0.281 e. The van der Waals surface area contributed by atoms with Crippen LogP contribution in [0.1, 0.15) is 52.5 Å². The molecule has 4 heterocycles. The first-order chi connectivity index (χ1) is 17.0. The standard InChI is InChI=1S/C25H27N9O/c26-14-16-2-3-17-13-25(22(27)18(17)12-16)5-10-32(11-6-25)19-15-29-21(23(28)31-19)24(35)33-8-1-9-34-20(33)4-7-30-34/h2-4,7,12,15,22H,1,5-6,8-11,13,27H2,(H2,28,31). The molecular formula is C25H27N9O. The molecule has 1 unspecified atom stereocenters. The summed E-state index contributed by atoms with van der Waals surface area (Å²) in [4.78, 5) is 26.0. The van der Waals surface area contributed by atoms with Crippen LogP contribution in [0, 0.1) is 16.7 Å². The van der Waals surface area contributed by atoms with Gasteiger partial charge in [-0.25, -0.2) is 14.6 Å². The maximum absolute atomic E-state index is 13.2. The van der Waals surface area contributed by atoms with Gasteiger partial charge in [0.05, 0.1) is 24.0 Å². The summed E-state index contributed by atoms with van der Waals surface area (Å²) in [6, 6.07) is 9.83. The largest absolute Gasteiger partial charge is 0.382 e. The zero-order chi connectivity index (χ0) is 24.2. The van der Waals surface area contributed by atoms with E-state index in [0.29, 0.717) is 17.9 Å². The molecule has 4 N–H and O–H groups in total. The van der Waals surface area contributed by atoms with Gasteiger partial charge in [-0.3, -0.25) is 9.69 Å². The van der Waals surface area contributed by atoms with Crippen molar-refractivity contribution in [2.45, 2.75) is 38.3 Å². The molecular weight excluding hydrogens is 442 g/mol. The van der Waals surface area contributed by atoms with Crippen molar-refractivity contribution < 1.29 is 4.79 Å². The summed E-state index contributed by atoms with van der Waals surface area (Å²) in [5.74, 6) is 1.31. The van der Waals surface area contributed by atoms with Crippen molar-refractivity contribution in [3.05, 3.63) is 59.0 Å². The molecule has 6 rings (SSSR count). The predicted molar refractivity (Wildman–Crippen MR) is 131 cm³/mol. The molecule has 1 fully saturated rings. The third-order valence-electron chi connectivity index (χ3n) is 7.85. The number of aromatic nitrogens is 4. The number of hydrogen-bond donors (Lipinski definition) is 2. The van der Waals surface area contributed by atoms with Crippen LogP contribution in [0.4, 0.5) is 17.5 Å². The molecule has 1 amide bonds. The fraction of sp³-hybridized carbons (Fsp3) is 0.400. The minimum Gasteiger partial charge on any atom is -0.382 e. The van der Waals surface area contributed by atoms with E-state index in [4.69, 9.17) is 11.5 Å². The topological polar surface area (TPSA) is 143 Å². The Kier molecular flexibility index (Phi) is 4.96. The van der Waals surface area contributed by atoms with Crippen molar-refractivity contribution in [1.29, 1.82) is 5.26 Å². The summed E-state index contributed by atoms with van der Waals surface area (Å²) in [5, 5.41) is 13.5. The van der Waals surface area contributed by atoms with E-state index in [2.05, 4.69) is 26.0 Å². The van der Waals surface area contributed by atoms with Crippen LogP contribution in [0.3, 0.4) is 0 Å². The summed E-state index contributed by atoms with van der Waals surface area (Å²) in [6.45, 7) is 2.94. The number of benzene rings is 1. The van der Waals surface area contributed by atoms with Gasteiger partial charge in [-0.2, -0.15) is 10.4 Å². The molecule has 10 heteroatoms. The maximum atomic E-state index is 13.2. The van der Waals surface area contributed by atoms with E-state index in [-0.39, 0.29) is 28.9 Å². The average Bonchev–Trinajstić information content (AvgIpc) is 3.47. The number of piperidine rings is 1. The molecule has 0 radical (unpaired) electrons. The third-order valence-corrected chi connectivity index (χ3v) is 7.85. The molecule has 2 aliphatic heterocycles. The summed E-state index contributed by atoms with van der Waals surface area (Å²) in [6.07, 6.45) is 6.90.